The van der Waals surface area contributed by atoms with E-state index in [-0.39, 0.29) is 12.4 Å². The van der Waals surface area contributed by atoms with E-state index in [0.717, 1.165) is 18.2 Å². The van der Waals surface area contributed by atoms with Gasteiger partial charge in [0.2, 0.25) is 0 Å². The fourth-order valence-corrected chi connectivity index (χ4v) is 2.09. The summed E-state index contributed by atoms with van der Waals surface area (Å²) < 4.78 is 39.7. The van der Waals surface area contributed by atoms with E-state index >= 15 is 0 Å². The van der Waals surface area contributed by atoms with Gasteiger partial charge >= 0.3 is 0 Å². The van der Waals surface area contributed by atoms with Gasteiger partial charge in [0.25, 0.3) is 0 Å². The number of halogens is 3. The van der Waals surface area contributed by atoms with E-state index in [0.29, 0.717) is 18.7 Å². The molecule has 0 saturated carbocycles. The fraction of sp³-hybridized carbons (Fsp3) is 0.250. The Morgan fingerprint density at radius 1 is 0.905 bits per heavy atom. The molecule has 0 atom stereocenters. The van der Waals surface area contributed by atoms with E-state index < -0.39 is 11.6 Å². The third kappa shape index (κ3) is 4.23. The number of nitrogens with zero attached hydrogens (tertiary/aromatic N) is 1. The number of hydrogen-bond acceptors (Lipinski definition) is 2. The van der Waals surface area contributed by atoms with Crippen LogP contribution in [-0.4, -0.2) is 13.1 Å². The van der Waals surface area contributed by atoms with Gasteiger partial charge < -0.3 is 10.6 Å². The molecule has 0 bridgehead atoms. The van der Waals surface area contributed by atoms with Crippen LogP contribution < -0.4 is 10.6 Å². The average molecular weight is 294 g/mol. The minimum absolute atomic E-state index is 0.276. The maximum atomic E-state index is 13.8. The Morgan fingerprint density at radius 3 is 2.19 bits per heavy atom. The Hall–Kier alpha value is -2.01. The molecule has 112 valence electrons. The lowest BCUT2D eigenvalue weighted by atomic mass is 10.1. The Morgan fingerprint density at radius 2 is 1.57 bits per heavy atom. The summed E-state index contributed by atoms with van der Waals surface area (Å²) in [6.45, 7) is 1.39. The Kier molecular flexibility index (Phi) is 5.22. The summed E-state index contributed by atoms with van der Waals surface area (Å²) in [6.07, 6.45) is 0.722. The standard InChI is InChI=1S/C16H17F3N2/c17-13-4-6-15(7-5-13)21(9-1-8-20)11-12-2-3-14(18)10-16(12)19/h2-7,10H,1,8-9,11,20H2. The van der Waals surface area contributed by atoms with Crippen LogP contribution in [0.3, 0.4) is 0 Å². The lowest BCUT2D eigenvalue weighted by Gasteiger charge is -2.25. The molecule has 0 aromatic heterocycles. The van der Waals surface area contributed by atoms with Crippen LogP contribution in [-0.2, 0) is 6.54 Å². The quantitative estimate of drug-likeness (QED) is 0.884. The molecule has 0 aliphatic heterocycles. The molecule has 5 heteroatoms. The first-order valence-electron chi connectivity index (χ1n) is 6.74. The summed E-state index contributed by atoms with van der Waals surface area (Å²) in [4.78, 5) is 1.89. The second kappa shape index (κ2) is 7.13. The molecular weight excluding hydrogens is 277 g/mol. The third-order valence-electron chi connectivity index (χ3n) is 3.20. The second-order valence-electron chi connectivity index (χ2n) is 4.78. The van der Waals surface area contributed by atoms with E-state index in [1.807, 2.05) is 4.90 Å². The monoisotopic (exact) mass is 294 g/mol. The van der Waals surface area contributed by atoms with Gasteiger partial charge in [-0.2, -0.15) is 0 Å². The molecule has 2 rings (SSSR count). The molecule has 2 nitrogen and oxygen atoms in total. The van der Waals surface area contributed by atoms with Crippen molar-refractivity contribution in [2.45, 2.75) is 13.0 Å². The van der Waals surface area contributed by atoms with Crippen molar-refractivity contribution in [3.05, 3.63) is 65.5 Å². The minimum atomic E-state index is -0.605. The van der Waals surface area contributed by atoms with Crippen molar-refractivity contribution in [1.29, 1.82) is 0 Å². The van der Waals surface area contributed by atoms with Gasteiger partial charge in [0, 0.05) is 30.4 Å². The molecule has 2 aromatic carbocycles. The second-order valence-corrected chi connectivity index (χ2v) is 4.78. The van der Waals surface area contributed by atoms with Crippen LogP contribution in [0, 0.1) is 17.5 Å². The van der Waals surface area contributed by atoms with Crippen molar-refractivity contribution < 1.29 is 13.2 Å². The molecule has 2 aromatic rings. The largest absolute Gasteiger partial charge is 0.367 e. The predicted molar refractivity (Wildman–Crippen MR) is 77.5 cm³/mol. The number of hydrogen-bond donors (Lipinski definition) is 1. The molecule has 0 radical (unpaired) electrons. The highest BCUT2D eigenvalue weighted by Crippen LogP contribution is 2.20. The molecule has 2 N–H and O–H groups in total. The lowest BCUT2D eigenvalue weighted by molar-refractivity contribution is 0.568. The Labute approximate surface area is 122 Å². The van der Waals surface area contributed by atoms with Crippen LogP contribution in [0.1, 0.15) is 12.0 Å². The van der Waals surface area contributed by atoms with Crippen LogP contribution in [0.4, 0.5) is 18.9 Å². The molecule has 0 saturated heterocycles. The van der Waals surface area contributed by atoms with Gasteiger partial charge in [-0.05, 0) is 43.3 Å². The zero-order valence-electron chi connectivity index (χ0n) is 11.5. The highest BCUT2D eigenvalue weighted by molar-refractivity contribution is 5.47. The van der Waals surface area contributed by atoms with E-state index in [1.54, 1.807) is 12.1 Å². The SMILES string of the molecule is NCCCN(Cc1ccc(F)cc1F)c1ccc(F)cc1. The summed E-state index contributed by atoms with van der Waals surface area (Å²) >= 11 is 0. The third-order valence-corrected chi connectivity index (χ3v) is 3.20. The fourth-order valence-electron chi connectivity index (χ4n) is 2.09. The average Bonchev–Trinajstić information content (AvgIpc) is 2.46. The first-order valence-corrected chi connectivity index (χ1v) is 6.74. The molecule has 0 heterocycles. The van der Waals surface area contributed by atoms with Gasteiger partial charge in [-0.25, -0.2) is 13.2 Å². The van der Waals surface area contributed by atoms with Crippen LogP contribution >= 0.6 is 0 Å². The number of nitrogens with two attached hydrogens (primary N) is 1. The molecular formula is C16H17F3N2. The zero-order chi connectivity index (χ0) is 15.2. The summed E-state index contributed by atoms with van der Waals surface area (Å²) in [6, 6.07) is 9.48. The van der Waals surface area contributed by atoms with Crippen LogP contribution in [0.25, 0.3) is 0 Å². The molecule has 21 heavy (non-hydrogen) atoms. The van der Waals surface area contributed by atoms with E-state index in [4.69, 9.17) is 5.73 Å². The first-order chi connectivity index (χ1) is 10.1. The molecule has 0 spiro atoms. The number of rotatable bonds is 6. The van der Waals surface area contributed by atoms with Gasteiger partial charge in [-0.15, -0.1) is 0 Å². The number of anilines is 1. The maximum Gasteiger partial charge on any atom is 0.131 e. The maximum absolute atomic E-state index is 13.8. The van der Waals surface area contributed by atoms with Crippen molar-refractivity contribution in [2.75, 3.05) is 18.0 Å². The van der Waals surface area contributed by atoms with Gasteiger partial charge in [-0.1, -0.05) is 6.07 Å². The Balaban J connectivity index is 2.21. The normalized spacial score (nSPS) is 10.7. The van der Waals surface area contributed by atoms with Crippen molar-refractivity contribution in [3.8, 4) is 0 Å². The van der Waals surface area contributed by atoms with Gasteiger partial charge in [0.15, 0.2) is 0 Å². The van der Waals surface area contributed by atoms with E-state index in [9.17, 15) is 13.2 Å². The summed E-state index contributed by atoms with van der Waals surface area (Å²) in [5, 5.41) is 0. The minimum Gasteiger partial charge on any atom is -0.367 e. The molecule has 0 fully saturated rings. The smallest absolute Gasteiger partial charge is 0.131 e. The summed E-state index contributed by atoms with van der Waals surface area (Å²) in [5.74, 6) is -1.52. The molecule has 0 aliphatic carbocycles. The van der Waals surface area contributed by atoms with Gasteiger partial charge in [-0.3, -0.25) is 0 Å². The molecule has 0 aliphatic rings. The van der Waals surface area contributed by atoms with Crippen molar-refractivity contribution in [3.63, 3.8) is 0 Å². The molecule has 0 amide bonds. The lowest BCUT2D eigenvalue weighted by Crippen LogP contribution is -2.26. The van der Waals surface area contributed by atoms with Gasteiger partial charge in [0.1, 0.15) is 17.5 Å². The van der Waals surface area contributed by atoms with Crippen molar-refractivity contribution >= 4 is 5.69 Å². The molecule has 0 unspecified atom stereocenters. The predicted octanol–water partition coefficient (Wildman–Crippen LogP) is 3.46. The highest BCUT2D eigenvalue weighted by atomic mass is 19.1. The number of benzene rings is 2. The van der Waals surface area contributed by atoms with Crippen molar-refractivity contribution in [1.82, 2.24) is 0 Å². The summed E-state index contributed by atoms with van der Waals surface area (Å²) in [5.41, 5.74) is 6.67. The van der Waals surface area contributed by atoms with Crippen LogP contribution in [0.15, 0.2) is 42.5 Å². The van der Waals surface area contributed by atoms with Crippen molar-refractivity contribution in [2.24, 2.45) is 5.73 Å². The topological polar surface area (TPSA) is 29.3 Å². The van der Waals surface area contributed by atoms with E-state index in [2.05, 4.69) is 0 Å². The van der Waals surface area contributed by atoms with Crippen LogP contribution in [0.5, 0.6) is 0 Å². The Bertz CT molecular complexity index is 585. The first kappa shape index (κ1) is 15.4. The highest BCUT2D eigenvalue weighted by Gasteiger charge is 2.11. The van der Waals surface area contributed by atoms with Crippen LogP contribution in [0.2, 0.25) is 0 Å². The van der Waals surface area contributed by atoms with E-state index in [1.165, 1.54) is 24.3 Å². The van der Waals surface area contributed by atoms with Gasteiger partial charge in [0.05, 0.1) is 0 Å². The summed E-state index contributed by atoms with van der Waals surface area (Å²) in [7, 11) is 0. The zero-order valence-corrected chi connectivity index (χ0v) is 11.5.